The van der Waals surface area contributed by atoms with Gasteiger partial charge in [0.05, 0.1) is 0 Å². The number of phenolic OH excluding ortho intramolecular Hbond substituents is 1. The van der Waals surface area contributed by atoms with Gasteiger partial charge in [-0.1, -0.05) is 0 Å². The van der Waals surface area contributed by atoms with E-state index in [1.807, 2.05) is 44.2 Å². The van der Waals surface area contributed by atoms with Crippen molar-refractivity contribution in [3.8, 4) is 16.3 Å². The first kappa shape index (κ1) is 23.6. The average molecular weight is 532 g/mol. The molecule has 7 heteroatoms. The Morgan fingerprint density at radius 1 is 0.970 bits per heavy atom. The van der Waals surface area contributed by atoms with Crippen molar-refractivity contribution >= 4 is 30.8 Å². The normalized spacial score (nSPS) is 12.6. The van der Waals surface area contributed by atoms with Crippen molar-refractivity contribution in [2.45, 2.75) is 31.3 Å². The summed E-state index contributed by atoms with van der Waals surface area (Å²) in [6, 6.07) is 21.2. The van der Waals surface area contributed by atoms with Gasteiger partial charge < -0.3 is 0 Å². The predicted octanol–water partition coefficient (Wildman–Crippen LogP) is 6.46. The van der Waals surface area contributed by atoms with Gasteiger partial charge in [0.2, 0.25) is 0 Å². The van der Waals surface area contributed by atoms with Gasteiger partial charge in [0.15, 0.2) is 0 Å². The van der Waals surface area contributed by atoms with Crippen molar-refractivity contribution in [1.82, 2.24) is 4.98 Å². The first-order valence-corrected chi connectivity index (χ1v) is 13.0. The molecule has 170 valence electrons. The van der Waals surface area contributed by atoms with Gasteiger partial charge in [-0.25, -0.2) is 0 Å². The molecule has 0 fully saturated rings. The van der Waals surface area contributed by atoms with E-state index in [4.69, 9.17) is 4.98 Å². The van der Waals surface area contributed by atoms with Gasteiger partial charge in [0.25, 0.3) is 0 Å². The number of hydrogen-bond donors (Lipinski definition) is 1. The number of aryl methyl sites for hydroxylation is 2. The van der Waals surface area contributed by atoms with Crippen LogP contribution in [0.3, 0.4) is 0 Å². The molecular weight excluding hydrogens is 510 g/mol. The molecule has 1 heterocycles. The standard InChI is InChI=1S/C26H22F3NOSSe/c1-16-14-21(12-13-22(16)31)33-23(15-18-6-4-3-5-7-18)24-17(2)30-25(32-24)19-8-10-20(11-9-19)26(27,28)29/h3-14,23,31H,15H2,1-2H3. The number of hydrogen-bond acceptors (Lipinski definition) is 3. The Morgan fingerprint density at radius 3 is 2.30 bits per heavy atom. The Hall–Kier alpha value is -2.60. The zero-order chi connectivity index (χ0) is 23.6. The number of alkyl halides is 3. The minimum absolute atomic E-state index is 0.0724. The molecule has 0 radical (unpaired) electrons. The predicted molar refractivity (Wildman–Crippen MR) is 128 cm³/mol. The minimum atomic E-state index is -4.35. The Kier molecular flexibility index (Phi) is 6.94. The number of aromatic nitrogens is 1. The molecule has 1 N–H and O–H groups in total. The summed E-state index contributed by atoms with van der Waals surface area (Å²) in [5.41, 5.74) is 3.01. The monoisotopic (exact) mass is 533 g/mol. The number of thiazole rings is 1. The number of nitrogens with zero attached hydrogens (tertiary/aromatic N) is 1. The van der Waals surface area contributed by atoms with Gasteiger partial charge >= 0.3 is 202 Å². The van der Waals surface area contributed by atoms with Crippen molar-refractivity contribution in [2.75, 3.05) is 0 Å². The second-order valence-corrected chi connectivity index (χ2v) is 11.5. The Labute approximate surface area is 201 Å². The Balaban J connectivity index is 1.67. The van der Waals surface area contributed by atoms with Gasteiger partial charge in [-0.2, -0.15) is 0 Å². The van der Waals surface area contributed by atoms with Crippen molar-refractivity contribution in [3.05, 3.63) is 100 Å². The molecule has 33 heavy (non-hydrogen) atoms. The fourth-order valence-corrected chi connectivity index (χ4v) is 7.79. The maximum atomic E-state index is 12.9. The molecule has 0 amide bonds. The summed E-state index contributed by atoms with van der Waals surface area (Å²) in [5.74, 6) is 0.285. The van der Waals surface area contributed by atoms with Crippen LogP contribution in [0, 0.1) is 13.8 Å². The Bertz CT molecular complexity index is 1240. The molecule has 0 aliphatic carbocycles. The molecule has 0 bridgehead atoms. The zero-order valence-corrected chi connectivity index (χ0v) is 20.6. The quantitative estimate of drug-likeness (QED) is 0.289. The summed E-state index contributed by atoms with van der Waals surface area (Å²) in [6.45, 7) is 3.86. The summed E-state index contributed by atoms with van der Waals surface area (Å²) in [5, 5.41) is 10.6. The van der Waals surface area contributed by atoms with Gasteiger partial charge in [-0.3, -0.25) is 0 Å². The van der Waals surface area contributed by atoms with Crippen LogP contribution >= 0.6 is 11.3 Å². The van der Waals surface area contributed by atoms with Crippen LogP contribution < -0.4 is 4.46 Å². The van der Waals surface area contributed by atoms with Crippen LogP contribution in [0.25, 0.3) is 10.6 Å². The van der Waals surface area contributed by atoms with Crippen molar-refractivity contribution in [2.24, 2.45) is 0 Å². The third-order valence-electron chi connectivity index (χ3n) is 5.29. The summed E-state index contributed by atoms with van der Waals surface area (Å²) in [4.78, 5) is 6.08. The van der Waals surface area contributed by atoms with Crippen LogP contribution in [0.5, 0.6) is 5.75 Å². The molecule has 0 aliphatic heterocycles. The van der Waals surface area contributed by atoms with E-state index >= 15 is 0 Å². The third kappa shape index (κ3) is 5.67. The third-order valence-corrected chi connectivity index (χ3v) is 9.50. The molecule has 1 unspecified atom stereocenters. The van der Waals surface area contributed by atoms with Crippen LogP contribution in [-0.2, 0) is 12.6 Å². The molecule has 0 aliphatic rings. The van der Waals surface area contributed by atoms with Crippen molar-refractivity contribution in [1.29, 1.82) is 0 Å². The molecule has 4 rings (SSSR count). The molecule has 4 aromatic rings. The summed E-state index contributed by atoms with van der Waals surface area (Å²) in [7, 11) is 0. The molecule has 0 saturated heterocycles. The number of benzene rings is 3. The van der Waals surface area contributed by atoms with Gasteiger partial charge in [0, 0.05) is 0 Å². The first-order valence-electron chi connectivity index (χ1n) is 10.4. The van der Waals surface area contributed by atoms with Crippen LogP contribution in [0.15, 0.2) is 72.8 Å². The summed E-state index contributed by atoms with van der Waals surface area (Å²) in [6.07, 6.45) is -3.51. The molecular formula is C26H22F3NOSSe. The maximum absolute atomic E-state index is 12.9. The van der Waals surface area contributed by atoms with E-state index in [0.29, 0.717) is 5.56 Å². The van der Waals surface area contributed by atoms with E-state index in [2.05, 4.69) is 12.1 Å². The molecule has 0 saturated carbocycles. The van der Waals surface area contributed by atoms with Gasteiger partial charge in [-0.15, -0.1) is 0 Å². The van der Waals surface area contributed by atoms with E-state index in [1.165, 1.54) is 22.2 Å². The number of rotatable bonds is 6. The summed E-state index contributed by atoms with van der Waals surface area (Å²) >= 11 is 1.63. The van der Waals surface area contributed by atoms with Crippen molar-refractivity contribution in [3.63, 3.8) is 0 Å². The van der Waals surface area contributed by atoms with E-state index in [1.54, 1.807) is 17.4 Å². The fraction of sp³-hybridized carbons (Fsp3) is 0.192. The summed E-state index contributed by atoms with van der Waals surface area (Å²) < 4.78 is 40.0. The van der Waals surface area contributed by atoms with E-state index in [9.17, 15) is 18.3 Å². The molecule has 3 aromatic carbocycles. The average Bonchev–Trinajstić information content (AvgIpc) is 3.17. The second kappa shape index (κ2) is 9.72. The molecule has 2 nitrogen and oxygen atoms in total. The second-order valence-electron chi connectivity index (χ2n) is 7.79. The number of halogens is 3. The first-order chi connectivity index (χ1) is 15.7. The van der Waals surface area contributed by atoms with Gasteiger partial charge in [0.1, 0.15) is 0 Å². The van der Waals surface area contributed by atoms with Crippen LogP contribution in [0.2, 0.25) is 0 Å². The fourth-order valence-electron chi connectivity index (χ4n) is 3.51. The van der Waals surface area contributed by atoms with Crippen LogP contribution in [0.4, 0.5) is 13.2 Å². The molecule has 1 atom stereocenters. The topological polar surface area (TPSA) is 33.1 Å². The number of phenols is 1. The van der Waals surface area contributed by atoms with Gasteiger partial charge in [-0.05, 0) is 0 Å². The molecule has 1 aromatic heterocycles. The SMILES string of the molecule is Cc1cc([Se]C(Cc2ccccc2)c2sc(-c3ccc(C(F)(F)F)cc3)nc2C)ccc1O. The Morgan fingerprint density at radius 2 is 1.67 bits per heavy atom. The molecule has 0 spiro atoms. The zero-order valence-electron chi connectivity index (χ0n) is 18.1. The van der Waals surface area contributed by atoms with E-state index in [0.717, 1.165) is 39.7 Å². The van der Waals surface area contributed by atoms with E-state index in [-0.39, 0.29) is 25.5 Å². The number of aromatic hydroxyl groups is 1. The van der Waals surface area contributed by atoms with Crippen LogP contribution in [-0.4, -0.2) is 25.0 Å². The van der Waals surface area contributed by atoms with Crippen molar-refractivity contribution < 1.29 is 18.3 Å². The van der Waals surface area contributed by atoms with Crippen LogP contribution in [0.1, 0.15) is 32.1 Å². The van der Waals surface area contributed by atoms with E-state index < -0.39 is 11.7 Å².